The minimum atomic E-state index is -0.327. The van der Waals surface area contributed by atoms with Gasteiger partial charge in [0, 0.05) is 20.5 Å². The first-order chi connectivity index (χ1) is 8.95. The molecule has 0 amide bonds. The fourth-order valence-electron chi connectivity index (χ4n) is 1.77. The van der Waals surface area contributed by atoms with E-state index >= 15 is 0 Å². The van der Waals surface area contributed by atoms with Crippen LogP contribution in [0.2, 0.25) is 5.02 Å². The van der Waals surface area contributed by atoms with Gasteiger partial charge in [-0.3, -0.25) is 0 Å². The van der Waals surface area contributed by atoms with E-state index in [2.05, 4.69) is 37.2 Å². The molecule has 100 valence electrons. The molecule has 5 heteroatoms. The third-order valence-corrected chi connectivity index (χ3v) is 4.05. The molecule has 0 aliphatic rings. The van der Waals surface area contributed by atoms with Gasteiger partial charge in [-0.25, -0.2) is 4.39 Å². The summed E-state index contributed by atoms with van der Waals surface area (Å²) in [5.74, 6) is -0.327. The third-order valence-electron chi connectivity index (χ3n) is 2.58. The third kappa shape index (κ3) is 3.94. The van der Waals surface area contributed by atoms with Crippen molar-refractivity contribution in [1.82, 2.24) is 0 Å². The Labute approximate surface area is 133 Å². The number of rotatable bonds is 3. The quantitative estimate of drug-likeness (QED) is 0.665. The van der Waals surface area contributed by atoms with Crippen molar-refractivity contribution in [1.29, 1.82) is 0 Å². The minimum Gasteiger partial charge on any atom is -0.379 e. The lowest BCUT2D eigenvalue weighted by atomic mass is 10.2. The van der Waals surface area contributed by atoms with E-state index in [4.69, 9.17) is 11.6 Å². The van der Waals surface area contributed by atoms with Crippen molar-refractivity contribution < 1.29 is 4.39 Å². The normalized spacial score (nSPS) is 10.6. The van der Waals surface area contributed by atoms with Crippen molar-refractivity contribution in [2.24, 2.45) is 0 Å². The second kappa shape index (κ2) is 6.25. The van der Waals surface area contributed by atoms with Crippen molar-refractivity contribution in [3.8, 4) is 0 Å². The minimum absolute atomic E-state index is 0.327. The molecule has 0 heterocycles. The summed E-state index contributed by atoms with van der Waals surface area (Å²) in [5, 5.41) is 3.66. The van der Waals surface area contributed by atoms with Crippen LogP contribution in [-0.2, 0) is 6.54 Å². The Morgan fingerprint density at radius 2 is 1.74 bits per heavy atom. The smallest absolute Gasteiger partial charge is 0.125 e. The van der Waals surface area contributed by atoms with Gasteiger partial charge in [0.1, 0.15) is 5.82 Å². The van der Waals surface area contributed by atoms with Crippen LogP contribution in [0, 0.1) is 12.7 Å². The highest BCUT2D eigenvalue weighted by Crippen LogP contribution is 2.32. The Morgan fingerprint density at radius 1 is 1.11 bits per heavy atom. The van der Waals surface area contributed by atoms with Crippen molar-refractivity contribution in [3.63, 3.8) is 0 Å². The van der Waals surface area contributed by atoms with Crippen LogP contribution in [0.25, 0.3) is 0 Å². The van der Waals surface area contributed by atoms with Crippen molar-refractivity contribution in [3.05, 3.63) is 61.2 Å². The van der Waals surface area contributed by atoms with E-state index in [0.29, 0.717) is 11.6 Å². The Balaban J connectivity index is 2.19. The largest absolute Gasteiger partial charge is 0.379 e. The van der Waals surface area contributed by atoms with E-state index in [1.807, 2.05) is 19.1 Å². The molecule has 0 radical (unpaired) electrons. The molecule has 0 unspecified atom stereocenters. The zero-order valence-corrected chi connectivity index (χ0v) is 14.0. The Bertz CT molecular complexity index is 573. The summed E-state index contributed by atoms with van der Waals surface area (Å²) in [4.78, 5) is 0. The maximum absolute atomic E-state index is 13.2. The van der Waals surface area contributed by atoms with Gasteiger partial charge in [-0.05, 0) is 80.2 Å². The first kappa shape index (κ1) is 14.8. The molecule has 0 spiro atoms. The number of nitrogens with one attached hydrogen (secondary N) is 1. The number of hydrogen-bond acceptors (Lipinski definition) is 1. The highest BCUT2D eigenvalue weighted by molar-refractivity contribution is 9.11. The summed E-state index contributed by atoms with van der Waals surface area (Å²) in [6, 6.07) is 8.54. The molecule has 0 aromatic heterocycles. The molecular formula is C14H11Br2ClFN. The fourth-order valence-corrected chi connectivity index (χ4v) is 3.71. The molecule has 0 aliphatic carbocycles. The molecule has 2 rings (SSSR count). The number of hydrogen-bond donors (Lipinski definition) is 1. The summed E-state index contributed by atoms with van der Waals surface area (Å²) in [6.07, 6.45) is 0. The van der Waals surface area contributed by atoms with Crippen molar-refractivity contribution in [2.75, 3.05) is 5.32 Å². The van der Waals surface area contributed by atoms with Crippen LogP contribution >= 0.6 is 43.5 Å². The molecule has 0 atom stereocenters. The van der Waals surface area contributed by atoms with Gasteiger partial charge in [-0.15, -0.1) is 0 Å². The van der Waals surface area contributed by atoms with Crippen molar-refractivity contribution in [2.45, 2.75) is 13.5 Å². The van der Waals surface area contributed by atoms with E-state index < -0.39 is 0 Å². The lowest BCUT2D eigenvalue weighted by molar-refractivity contribution is 0.626. The molecule has 2 aromatic carbocycles. The standard InChI is InChI=1S/C14H11Br2ClFN/c1-8-2-12(15)14(13(16)3-8)19-7-9-4-10(17)6-11(18)5-9/h2-6,19H,7H2,1H3. The molecule has 0 saturated carbocycles. The van der Waals surface area contributed by atoms with Gasteiger partial charge >= 0.3 is 0 Å². The topological polar surface area (TPSA) is 12.0 Å². The van der Waals surface area contributed by atoms with Gasteiger partial charge in [-0.2, -0.15) is 0 Å². The number of halogens is 4. The van der Waals surface area contributed by atoms with Crippen LogP contribution in [0.15, 0.2) is 39.3 Å². The van der Waals surface area contributed by atoms with Gasteiger partial charge in [0.2, 0.25) is 0 Å². The molecular weight excluding hydrogens is 396 g/mol. The lowest BCUT2D eigenvalue weighted by Gasteiger charge is -2.12. The predicted octanol–water partition coefficient (Wildman–Crippen LogP) is 5.92. The summed E-state index contributed by atoms with van der Waals surface area (Å²) >= 11 is 12.8. The van der Waals surface area contributed by atoms with Crippen molar-refractivity contribution >= 4 is 49.1 Å². The van der Waals surface area contributed by atoms with E-state index in [9.17, 15) is 4.39 Å². The second-order valence-corrected chi connectivity index (χ2v) is 6.38. The fraction of sp³-hybridized carbons (Fsp3) is 0.143. The average molecular weight is 408 g/mol. The molecule has 0 saturated heterocycles. The number of benzene rings is 2. The molecule has 0 fully saturated rings. The maximum atomic E-state index is 13.2. The zero-order chi connectivity index (χ0) is 14.0. The predicted molar refractivity (Wildman–Crippen MR) is 85.3 cm³/mol. The summed E-state index contributed by atoms with van der Waals surface area (Å²) in [6.45, 7) is 2.52. The highest BCUT2D eigenvalue weighted by atomic mass is 79.9. The van der Waals surface area contributed by atoms with Crippen LogP contribution in [0.5, 0.6) is 0 Å². The Hall–Kier alpha value is -0.580. The zero-order valence-electron chi connectivity index (χ0n) is 10.1. The van der Waals surface area contributed by atoms with Gasteiger partial charge in [0.25, 0.3) is 0 Å². The second-order valence-electron chi connectivity index (χ2n) is 4.23. The van der Waals surface area contributed by atoms with E-state index in [1.54, 1.807) is 6.07 Å². The van der Waals surface area contributed by atoms with Crippen LogP contribution in [0.1, 0.15) is 11.1 Å². The Kier molecular flexibility index (Phi) is 4.87. The molecule has 1 N–H and O–H groups in total. The van der Waals surface area contributed by atoms with E-state index in [0.717, 1.165) is 25.8 Å². The SMILES string of the molecule is Cc1cc(Br)c(NCc2cc(F)cc(Cl)c2)c(Br)c1. The van der Waals surface area contributed by atoms with Crippen LogP contribution < -0.4 is 5.32 Å². The van der Waals surface area contributed by atoms with Crippen LogP contribution in [0.3, 0.4) is 0 Å². The van der Waals surface area contributed by atoms with E-state index in [1.165, 1.54) is 12.1 Å². The first-order valence-electron chi connectivity index (χ1n) is 5.60. The Morgan fingerprint density at radius 3 is 2.32 bits per heavy atom. The highest BCUT2D eigenvalue weighted by Gasteiger charge is 2.06. The summed E-state index contributed by atoms with van der Waals surface area (Å²) in [7, 11) is 0. The summed E-state index contributed by atoms with van der Waals surface area (Å²) < 4.78 is 15.2. The average Bonchev–Trinajstić information content (AvgIpc) is 2.25. The summed E-state index contributed by atoms with van der Waals surface area (Å²) in [5.41, 5.74) is 2.88. The number of aryl methyl sites for hydroxylation is 1. The van der Waals surface area contributed by atoms with E-state index in [-0.39, 0.29) is 5.82 Å². The van der Waals surface area contributed by atoms with Gasteiger partial charge < -0.3 is 5.32 Å². The first-order valence-corrected chi connectivity index (χ1v) is 7.56. The molecule has 2 aromatic rings. The van der Waals surface area contributed by atoms with Crippen LogP contribution in [0.4, 0.5) is 10.1 Å². The lowest BCUT2D eigenvalue weighted by Crippen LogP contribution is -2.01. The van der Waals surface area contributed by atoms with Crippen LogP contribution in [-0.4, -0.2) is 0 Å². The molecule has 0 bridgehead atoms. The molecule has 19 heavy (non-hydrogen) atoms. The molecule has 1 nitrogen and oxygen atoms in total. The maximum Gasteiger partial charge on any atom is 0.125 e. The van der Waals surface area contributed by atoms with Gasteiger partial charge in [0.05, 0.1) is 5.69 Å². The van der Waals surface area contributed by atoms with Gasteiger partial charge in [-0.1, -0.05) is 11.6 Å². The number of anilines is 1. The molecule has 0 aliphatic heterocycles. The van der Waals surface area contributed by atoms with Gasteiger partial charge in [0.15, 0.2) is 0 Å². The monoisotopic (exact) mass is 405 g/mol.